The Balaban J connectivity index is 3.00. The summed E-state index contributed by atoms with van der Waals surface area (Å²) in [6.07, 6.45) is 0. The molecule has 0 heterocycles. The Morgan fingerprint density at radius 2 is 1.94 bits per heavy atom. The molecular weight excluding hydrogens is 206 g/mol. The van der Waals surface area contributed by atoms with Crippen LogP contribution in [0.5, 0.6) is 11.5 Å². The van der Waals surface area contributed by atoms with Gasteiger partial charge in [-0.2, -0.15) is 0 Å². The predicted molar refractivity (Wildman–Crippen MR) is 64.3 cm³/mol. The molecule has 0 bridgehead atoms. The SMILES string of the molecule is COc1ccc(OC)c(NC(C)(C)CO)c1. The van der Waals surface area contributed by atoms with Crippen LogP contribution in [0.3, 0.4) is 0 Å². The maximum absolute atomic E-state index is 9.21. The lowest BCUT2D eigenvalue weighted by Crippen LogP contribution is -2.35. The quantitative estimate of drug-likeness (QED) is 0.803. The lowest BCUT2D eigenvalue weighted by atomic mass is 10.1. The molecule has 16 heavy (non-hydrogen) atoms. The Hall–Kier alpha value is -1.42. The largest absolute Gasteiger partial charge is 0.497 e. The van der Waals surface area contributed by atoms with Crippen molar-refractivity contribution in [2.45, 2.75) is 19.4 Å². The van der Waals surface area contributed by atoms with E-state index in [1.54, 1.807) is 14.2 Å². The van der Waals surface area contributed by atoms with Crippen molar-refractivity contribution in [2.24, 2.45) is 0 Å². The van der Waals surface area contributed by atoms with Crippen LogP contribution in [0.25, 0.3) is 0 Å². The number of aliphatic hydroxyl groups excluding tert-OH is 1. The van der Waals surface area contributed by atoms with Crippen LogP contribution in [0, 0.1) is 0 Å². The van der Waals surface area contributed by atoms with Crippen molar-refractivity contribution in [2.75, 3.05) is 26.1 Å². The number of hydrogen-bond acceptors (Lipinski definition) is 4. The lowest BCUT2D eigenvalue weighted by molar-refractivity contribution is 0.233. The van der Waals surface area contributed by atoms with Crippen LogP contribution in [0.2, 0.25) is 0 Å². The van der Waals surface area contributed by atoms with E-state index in [0.717, 1.165) is 17.2 Å². The summed E-state index contributed by atoms with van der Waals surface area (Å²) in [4.78, 5) is 0. The average molecular weight is 225 g/mol. The molecular formula is C12H19NO3. The van der Waals surface area contributed by atoms with E-state index in [1.807, 2.05) is 32.0 Å². The second kappa shape index (κ2) is 5.07. The maximum Gasteiger partial charge on any atom is 0.142 e. The van der Waals surface area contributed by atoms with E-state index in [1.165, 1.54) is 0 Å². The normalized spacial score (nSPS) is 11.1. The van der Waals surface area contributed by atoms with Gasteiger partial charge in [0.25, 0.3) is 0 Å². The fourth-order valence-corrected chi connectivity index (χ4v) is 1.32. The summed E-state index contributed by atoms with van der Waals surface area (Å²) in [7, 11) is 3.22. The second-order valence-electron chi connectivity index (χ2n) is 4.23. The monoisotopic (exact) mass is 225 g/mol. The van der Waals surface area contributed by atoms with Crippen LogP contribution in [0.1, 0.15) is 13.8 Å². The van der Waals surface area contributed by atoms with Crippen LogP contribution in [0.4, 0.5) is 5.69 Å². The zero-order valence-corrected chi connectivity index (χ0v) is 10.2. The van der Waals surface area contributed by atoms with Crippen LogP contribution in [-0.4, -0.2) is 31.5 Å². The summed E-state index contributed by atoms with van der Waals surface area (Å²) in [5, 5.41) is 12.4. The summed E-state index contributed by atoms with van der Waals surface area (Å²) in [6.45, 7) is 3.85. The third-order valence-corrected chi connectivity index (χ3v) is 2.27. The molecule has 1 aromatic rings. The Bertz CT molecular complexity index is 350. The molecule has 1 aromatic carbocycles. The van der Waals surface area contributed by atoms with Gasteiger partial charge in [-0.05, 0) is 26.0 Å². The first-order chi connectivity index (χ1) is 7.52. The van der Waals surface area contributed by atoms with E-state index in [2.05, 4.69) is 5.32 Å². The summed E-state index contributed by atoms with van der Waals surface area (Å²) in [5.41, 5.74) is 0.403. The number of benzene rings is 1. The highest BCUT2D eigenvalue weighted by atomic mass is 16.5. The fourth-order valence-electron chi connectivity index (χ4n) is 1.32. The molecule has 0 aliphatic rings. The van der Waals surface area contributed by atoms with Crippen molar-refractivity contribution in [1.82, 2.24) is 0 Å². The van der Waals surface area contributed by atoms with E-state index in [4.69, 9.17) is 9.47 Å². The molecule has 0 saturated heterocycles. The summed E-state index contributed by atoms with van der Waals surface area (Å²) in [5.74, 6) is 1.47. The second-order valence-corrected chi connectivity index (χ2v) is 4.23. The zero-order valence-electron chi connectivity index (χ0n) is 10.2. The van der Waals surface area contributed by atoms with Gasteiger partial charge in [0, 0.05) is 6.07 Å². The van der Waals surface area contributed by atoms with Crippen molar-refractivity contribution in [3.05, 3.63) is 18.2 Å². The Morgan fingerprint density at radius 3 is 2.44 bits per heavy atom. The van der Waals surface area contributed by atoms with Crippen molar-refractivity contribution < 1.29 is 14.6 Å². The zero-order chi connectivity index (χ0) is 12.2. The van der Waals surface area contributed by atoms with Gasteiger partial charge in [-0.25, -0.2) is 0 Å². The minimum Gasteiger partial charge on any atom is -0.497 e. The third-order valence-electron chi connectivity index (χ3n) is 2.27. The molecule has 0 amide bonds. The van der Waals surface area contributed by atoms with Gasteiger partial charge in [0.05, 0.1) is 32.1 Å². The number of ether oxygens (including phenoxy) is 2. The van der Waals surface area contributed by atoms with Crippen molar-refractivity contribution in [3.63, 3.8) is 0 Å². The molecule has 0 aromatic heterocycles. The molecule has 2 N–H and O–H groups in total. The van der Waals surface area contributed by atoms with Gasteiger partial charge >= 0.3 is 0 Å². The average Bonchev–Trinajstić information content (AvgIpc) is 2.28. The summed E-state index contributed by atoms with van der Waals surface area (Å²) < 4.78 is 10.4. The molecule has 4 nitrogen and oxygen atoms in total. The standard InChI is InChI=1S/C12H19NO3/c1-12(2,8-14)13-10-7-9(15-3)5-6-11(10)16-4/h5-7,13-14H,8H2,1-4H3. The topological polar surface area (TPSA) is 50.7 Å². The highest BCUT2D eigenvalue weighted by Gasteiger charge is 2.18. The Kier molecular flexibility index (Phi) is 4.01. The van der Waals surface area contributed by atoms with Crippen LogP contribution in [0.15, 0.2) is 18.2 Å². The number of methoxy groups -OCH3 is 2. The first-order valence-corrected chi connectivity index (χ1v) is 5.13. The molecule has 0 radical (unpaired) electrons. The van der Waals surface area contributed by atoms with Crippen molar-refractivity contribution in [1.29, 1.82) is 0 Å². The summed E-state index contributed by atoms with van der Waals surface area (Å²) in [6, 6.07) is 5.50. The molecule has 4 heteroatoms. The first-order valence-electron chi connectivity index (χ1n) is 5.13. The number of nitrogens with one attached hydrogen (secondary N) is 1. The molecule has 90 valence electrons. The molecule has 0 aliphatic heterocycles. The van der Waals surface area contributed by atoms with E-state index < -0.39 is 5.54 Å². The molecule has 0 saturated carbocycles. The van der Waals surface area contributed by atoms with E-state index in [0.29, 0.717) is 0 Å². The van der Waals surface area contributed by atoms with Crippen LogP contribution in [-0.2, 0) is 0 Å². The van der Waals surface area contributed by atoms with E-state index in [-0.39, 0.29) is 6.61 Å². The van der Waals surface area contributed by atoms with Gasteiger partial charge in [0.1, 0.15) is 11.5 Å². The molecule has 0 atom stereocenters. The lowest BCUT2D eigenvalue weighted by Gasteiger charge is -2.26. The number of aliphatic hydroxyl groups is 1. The molecule has 0 fully saturated rings. The molecule has 0 unspecified atom stereocenters. The van der Waals surface area contributed by atoms with Crippen LogP contribution >= 0.6 is 0 Å². The predicted octanol–water partition coefficient (Wildman–Crippen LogP) is 1.89. The Labute approximate surface area is 96.2 Å². The van der Waals surface area contributed by atoms with Gasteiger partial charge in [0.2, 0.25) is 0 Å². The van der Waals surface area contributed by atoms with Crippen LogP contribution < -0.4 is 14.8 Å². The third kappa shape index (κ3) is 3.03. The van der Waals surface area contributed by atoms with E-state index in [9.17, 15) is 5.11 Å². The van der Waals surface area contributed by atoms with Gasteiger partial charge in [-0.3, -0.25) is 0 Å². The minimum absolute atomic E-state index is 0.0351. The smallest absolute Gasteiger partial charge is 0.142 e. The van der Waals surface area contributed by atoms with Gasteiger partial charge < -0.3 is 19.9 Å². The summed E-state index contributed by atoms with van der Waals surface area (Å²) >= 11 is 0. The number of rotatable bonds is 5. The first kappa shape index (κ1) is 12.6. The number of anilines is 1. The fraction of sp³-hybridized carbons (Fsp3) is 0.500. The van der Waals surface area contributed by atoms with Crippen molar-refractivity contribution in [3.8, 4) is 11.5 Å². The van der Waals surface area contributed by atoms with Gasteiger partial charge in [-0.15, -0.1) is 0 Å². The van der Waals surface area contributed by atoms with E-state index >= 15 is 0 Å². The molecule has 0 aliphatic carbocycles. The van der Waals surface area contributed by atoms with Gasteiger partial charge in [0.15, 0.2) is 0 Å². The molecule has 1 rings (SSSR count). The van der Waals surface area contributed by atoms with Crippen molar-refractivity contribution >= 4 is 5.69 Å². The highest BCUT2D eigenvalue weighted by molar-refractivity contribution is 5.60. The maximum atomic E-state index is 9.21. The van der Waals surface area contributed by atoms with Gasteiger partial charge in [-0.1, -0.05) is 0 Å². The highest BCUT2D eigenvalue weighted by Crippen LogP contribution is 2.30. The minimum atomic E-state index is -0.403. The molecule has 0 spiro atoms. The number of hydrogen-bond donors (Lipinski definition) is 2. The Morgan fingerprint density at radius 1 is 1.25 bits per heavy atom.